The van der Waals surface area contributed by atoms with Gasteiger partial charge in [0.1, 0.15) is 6.07 Å². The number of nitriles is 1. The molecule has 1 saturated heterocycles. The van der Waals surface area contributed by atoms with Crippen molar-refractivity contribution in [1.82, 2.24) is 24.7 Å². The number of aromatic nitrogens is 4. The normalized spacial score (nSPS) is 13.9. The third-order valence-corrected chi connectivity index (χ3v) is 5.80. The van der Waals surface area contributed by atoms with Crippen molar-refractivity contribution >= 4 is 30.3 Å². The van der Waals surface area contributed by atoms with Crippen molar-refractivity contribution in [3.63, 3.8) is 0 Å². The molecule has 1 fully saturated rings. The highest BCUT2D eigenvalue weighted by Crippen LogP contribution is 2.33. The highest BCUT2D eigenvalue weighted by Gasteiger charge is 2.17. The van der Waals surface area contributed by atoms with Crippen LogP contribution in [0.25, 0.3) is 27.8 Å². The van der Waals surface area contributed by atoms with Gasteiger partial charge in [-0.2, -0.15) is 15.5 Å². The third-order valence-electron chi connectivity index (χ3n) is 5.80. The Balaban J connectivity index is 0.00000136. The first-order valence-corrected chi connectivity index (χ1v) is 9.94. The van der Waals surface area contributed by atoms with Gasteiger partial charge in [-0.25, -0.2) is 4.52 Å². The molecule has 0 saturated carbocycles. The van der Waals surface area contributed by atoms with Crippen LogP contribution < -0.4 is 5.32 Å². The fraction of sp³-hybridized carbons (Fsp3) is 0.261. The Morgan fingerprint density at radius 2 is 1.71 bits per heavy atom. The van der Waals surface area contributed by atoms with E-state index in [-0.39, 0.29) is 24.8 Å². The van der Waals surface area contributed by atoms with Crippen molar-refractivity contribution < 1.29 is 0 Å². The number of hydrogen-bond acceptors (Lipinski definition) is 4. The average molecular weight is 455 g/mol. The number of hydrogen-bond donors (Lipinski definition) is 1. The van der Waals surface area contributed by atoms with Crippen LogP contribution in [0.4, 0.5) is 0 Å². The molecule has 1 aliphatic heterocycles. The molecule has 0 aliphatic carbocycles. The lowest BCUT2D eigenvalue weighted by Crippen LogP contribution is -2.26. The molecular formula is C23H24Cl2N6. The average Bonchev–Trinajstić information content (AvgIpc) is 3.40. The van der Waals surface area contributed by atoms with Gasteiger partial charge in [-0.3, -0.25) is 4.68 Å². The van der Waals surface area contributed by atoms with Crippen LogP contribution in [-0.2, 0) is 7.05 Å². The van der Waals surface area contributed by atoms with E-state index >= 15 is 0 Å². The Kier molecular flexibility index (Phi) is 7.01. The Morgan fingerprint density at radius 1 is 0.968 bits per heavy atom. The minimum absolute atomic E-state index is 0. The molecular weight excluding hydrogens is 431 g/mol. The van der Waals surface area contributed by atoms with Crippen molar-refractivity contribution in [2.75, 3.05) is 13.1 Å². The van der Waals surface area contributed by atoms with E-state index in [2.05, 4.69) is 51.9 Å². The molecule has 4 heterocycles. The number of piperidine rings is 1. The fourth-order valence-corrected chi connectivity index (χ4v) is 4.24. The van der Waals surface area contributed by atoms with Crippen LogP contribution in [0.2, 0.25) is 0 Å². The zero-order chi connectivity index (χ0) is 19.8. The Labute approximate surface area is 193 Å². The summed E-state index contributed by atoms with van der Waals surface area (Å²) >= 11 is 0. The van der Waals surface area contributed by atoms with Crippen molar-refractivity contribution in [2.24, 2.45) is 7.05 Å². The fourth-order valence-electron chi connectivity index (χ4n) is 4.24. The predicted octanol–water partition coefficient (Wildman–Crippen LogP) is 4.58. The number of benzene rings is 1. The molecule has 1 N–H and O–H groups in total. The molecule has 160 valence electrons. The molecule has 1 aromatic carbocycles. The molecule has 1 aliphatic rings. The van der Waals surface area contributed by atoms with Gasteiger partial charge >= 0.3 is 0 Å². The van der Waals surface area contributed by atoms with E-state index < -0.39 is 0 Å². The molecule has 4 aromatic rings. The lowest BCUT2D eigenvalue weighted by molar-refractivity contribution is 0.460. The maximum Gasteiger partial charge on any atom is 0.103 e. The van der Waals surface area contributed by atoms with Crippen LogP contribution >= 0.6 is 24.8 Å². The van der Waals surface area contributed by atoms with Gasteiger partial charge < -0.3 is 5.32 Å². The summed E-state index contributed by atoms with van der Waals surface area (Å²) < 4.78 is 3.59. The Bertz CT molecular complexity index is 1210. The molecule has 31 heavy (non-hydrogen) atoms. The molecule has 0 amide bonds. The van der Waals surface area contributed by atoms with E-state index in [1.807, 2.05) is 25.6 Å². The van der Waals surface area contributed by atoms with Crippen LogP contribution in [0.1, 0.15) is 29.9 Å². The summed E-state index contributed by atoms with van der Waals surface area (Å²) in [5.41, 5.74) is 6.97. The Morgan fingerprint density at radius 3 is 2.35 bits per heavy atom. The van der Waals surface area contributed by atoms with Gasteiger partial charge in [0.15, 0.2) is 0 Å². The van der Waals surface area contributed by atoms with Crippen molar-refractivity contribution in [2.45, 2.75) is 18.8 Å². The predicted molar refractivity (Wildman–Crippen MR) is 127 cm³/mol. The number of aryl methyl sites for hydroxylation is 1. The lowest BCUT2D eigenvalue weighted by atomic mass is 9.89. The molecule has 8 heteroatoms. The summed E-state index contributed by atoms with van der Waals surface area (Å²) in [6, 6.07) is 13.2. The van der Waals surface area contributed by atoms with E-state index in [1.165, 1.54) is 18.4 Å². The second-order valence-corrected chi connectivity index (χ2v) is 7.65. The highest BCUT2D eigenvalue weighted by atomic mass is 35.5. The minimum Gasteiger partial charge on any atom is -0.317 e. The maximum absolute atomic E-state index is 9.58. The zero-order valence-corrected chi connectivity index (χ0v) is 18.8. The van der Waals surface area contributed by atoms with Gasteiger partial charge in [-0.15, -0.1) is 24.8 Å². The van der Waals surface area contributed by atoms with Crippen LogP contribution in [0.15, 0.2) is 55.1 Å². The van der Waals surface area contributed by atoms with Gasteiger partial charge in [0.2, 0.25) is 0 Å². The number of pyridine rings is 1. The lowest BCUT2D eigenvalue weighted by Gasteiger charge is -2.23. The second kappa shape index (κ2) is 9.52. The summed E-state index contributed by atoms with van der Waals surface area (Å²) in [6.07, 6.45) is 9.79. The summed E-state index contributed by atoms with van der Waals surface area (Å²) in [6.45, 7) is 2.17. The minimum atomic E-state index is 0. The largest absolute Gasteiger partial charge is 0.317 e. The quantitative estimate of drug-likeness (QED) is 0.491. The van der Waals surface area contributed by atoms with Crippen LogP contribution in [0, 0.1) is 11.3 Å². The first-order chi connectivity index (χ1) is 14.2. The SMILES string of the molecule is Cl.Cl.Cn1cc(-c2cc(-c3ccc(C4CCNCC4)cc3)c3c(C#N)cnn3c2)cn1. The van der Waals surface area contributed by atoms with Gasteiger partial charge in [-0.1, -0.05) is 24.3 Å². The highest BCUT2D eigenvalue weighted by molar-refractivity contribution is 5.87. The molecule has 0 unspecified atom stereocenters. The monoisotopic (exact) mass is 454 g/mol. The summed E-state index contributed by atoms with van der Waals surface area (Å²) in [5.74, 6) is 0.622. The smallest absolute Gasteiger partial charge is 0.103 e. The molecule has 3 aromatic heterocycles. The van der Waals surface area contributed by atoms with Gasteiger partial charge in [0.05, 0.1) is 23.5 Å². The van der Waals surface area contributed by atoms with Crippen molar-refractivity contribution in [3.05, 3.63) is 66.2 Å². The topological polar surface area (TPSA) is 70.9 Å². The molecule has 0 radical (unpaired) electrons. The molecule has 6 nitrogen and oxygen atoms in total. The van der Waals surface area contributed by atoms with Gasteiger partial charge in [0.25, 0.3) is 0 Å². The van der Waals surface area contributed by atoms with E-state index in [0.717, 1.165) is 40.9 Å². The standard InChI is InChI=1S/C23H22N6.2ClH/c1-28-14-21(13-26-28)19-10-22(23-20(11-24)12-27-29(23)15-19)18-4-2-16(3-5-18)17-6-8-25-9-7-17;;/h2-5,10,12-15,17,25H,6-9H2,1H3;2*1H. The molecule has 0 bridgehead atoms. The maximum atomic E-state index is 9.58. The molecule has 0 atom stereocenters. The number of fused-ring (bicyclic) bond motifs is 1. The summed E-state index contributed by atoms with van der Waals surface area (Å²) in [7, 11) is 1.91. The van der Waals surface area contributed by atoms with Crippen molar-refractivity contribution in [1.29, 1.82) is 5.26 Å². The first-order valence-electron chi connectivity index (χ1n) is 9.94. The number of nitrogens with one attached hydrogen (secondary N) is 1. The van der Waals surface area contributed by atoms with Gasteiger partial charge in [-0.05, 0) is 49.0 Å². The number of rotatable bonds is 3. The Hall–Kier alpha value is -2.85. The first kappa shape index (κ1) is 22.8. The van der Waals surface area contributed by atoms with Crippen molar-refractivity contribution in [3.8, 4) is 28.3 Å². The number of nitrogens with zero attached hydrogens (tertiary/aromatic N) is 5. The van der Waals surface area contributed by atoms with Gasteiger partial charge in [0, 0.05) is 36.1 Å². The zero-order valence-electron chi connectivity index (χ0n) is 17.2. The summed E-state index contributed by atoms with van der Waals surface area (Å²) in [4.78, 5) is 0. The molecule has 0 spiro atoms. The van der Waals surface area contributed by atoms with E-state index in [1.54, 1.807) is 15.4 Å². The third kappa shape index (κ3) is 4.31. The van der Waals surface area contributed by atoms with Crippen LogP contribution in [0.3, 0.4) is 0 Å². The number of halogens is 2. The van der Waals surface area contributed by atoms with E-state index in [4.69, 9.17) is 0 Å². The second-order valence-electron chi connectivity index (χ2n) is 7.65. The molecule has 5 rings (SSSR count). The van der Waals surface area contributed by atoms with Crippen LogP contribution in [-0.4, -0.2) is 32.5 Å². The van der Waals surface area contributed by atoms with Crippen LogP contribution in [0.5, 0.6) is 0 Å². The van der Waals surface area contributed by atoms with E-state index in [0.29, 0.717) is 11.5 Å². The summed E-state index contributed by atoms with van der Waals surface area (Å²) in [5, 5.41) is 21.7. The van der Waals surface area contributed by atoms with E-state index in [9.17, 15) is 5.26 Å².